The van der Waals surface area contributed by atoms with Gasteiger partial charge in [0.15, 0.2) is 6.04 Å². The van der Waals surface area contributed by atoms with Crippen LogP contribution in [0.2, 0.25) is 0 Å². The summed E-state index contributed by atoms with van der Waals surface area (Å²) < 4.78 is 0. The number of aromatic nitrogens is 2. The summed E-state index contributed by atoms with van der Waals surface area (Å²) in [6, 6.07) is 1.27. The summed E-state index contributed by atoms with van der Waals surface area (Å²) in [5, 5.41) is 29.8. The number of hydrogen-bond acceptors (Lipinski definition) is 5. The van der Waals surface area contributed by atoms with Gasteiger partial charge in [-0.3, -0.25) is 0 Å². The molecule has 1 aromatic heterocycles. The number of carbonyl (C=O) groups excluding carboxylic acids is 1. The van der Waals surface area contributed by atoms with Crippen molar-refractivity contribution in [3.8, 4) is 0 Å². The predicted molar refractivity (Wildman–Crippen MR) is 60.5 cm³/mol. The molecule has 4 N–H and O–H groups in total. The Balaban J connectivity index is 2.44. The third kappa shape index (κ3) is 4.34. The van der Waals surface area contributed by atoms with Crippen LogP contribution in [0.1, 0.15) is 12.6 Å². The van der Waals surface area contributed by atoms with E-state index in [2.05, 4.69) is 20.8 Å². The second-order valence-corrected chi connectivity index (χ2v) is 3.60. The fraction of sp³-hybridized carbons (Fsp3) is 0.400. The van der Waals surface area contributed by atoms with Gasteiger partial charge < -0.3 is 20.8 Å². The Morgan fingerprint density at radius 1 is 1.50 bits per heavy atom. The smallest absolute Gasteiger partial charge is 0.328 e. The van der Waals surface area contributed by atoms with Gasteiger partial charge in [-0.15, -0.1) is 0 Å². The predicted octanol–water partition coefficient (Wildman–Crippen LogP) is -0.890. The summed E-state index contributed by atoms with van der Waals surface area (Å²) in [6.07, 6.45) is 0.307. The highest BCUT2D eigenvalue weighted by atomic mass is 16.4. The topological polar surface area (TPSA) is 124 Å². The molecule has 0 spiro atoms. The Kier molecular flexibility index (Phi) is 5.00. The fourth-order valence-corrected chi connectivity index (χ4v) is 1.18. The standard InChI is InChI=1S/C10H14N4O4/c1-6(15)8(9(16)17)13-10(18)11-5-7-3-2-4-12-14-7/h2-4,6,8,15H,5H2,1H3,(H,16,17)(H2,11,13,18). The highest BCUT2D eigenvalue weighted by molar-refractivity contribution is 5.82. The molecule has 18 heavy (non-hydrogen) atoms. The molecule has 0 aliphatic rings. The Hall–Kier alpha value is -2.22. The van der Waals surface area contributed by atoms with Gasteiger partial charge in [-0.25, -0.2) is 9.59 Å². The molecule has 1 heterocycles. The first-order valence-electron chi connectivity index (χ1n) is 5.22. The minimum atomic E-state index is -1.35. The normalized spacial score (nSPS) is 13.4. The first-order chi connectivity index (χ1) is 8.50. The number of carbonyl (C=O) groups is 2. The molecule has 0 aromatic carbocycles. The van der Waals surface area contributed by atoms with Crippen LogP contribution in [0.5, 0.6) is 0 Å². The van der Waals surface area contributed by atoms with E-state index in [1.807, 2.05) is 0 Å². The largest absolute Gasteiger partial charge is 0.480 e. The summed E-state index contributed by atoms with van der Waals surface area (Å²) in [5.41, 5.74) is 0.538. The van der Waals surface area contributed by atoms with Crippen molar-refractivity contribution in [2.24, 2.45) is 0 Å². The van der Waals surface area contributed by atoms with E-state index in [1.54, 1.807) is 12.1 Å². The zero-order chi connectivity index (χ0) is 13.5. The minimum Gasteiger partial charge on any atom is -0.480 e. The van der Waals surface area contributed by atoms with E-state index in [0.29, 0.717) is 5.69 Å². The summed E-state index contributed by atoms with van der Waals surface area (Å²) in [6.45, 7) is 1.40. The summed E-state index contributed by atoms with van der Waals surface area (Å²) in [7, 11) is 0. The van der Waals surface area contributed by atoms with E-state index in [4.69, 9.17) is 5.11 Å². The lowest BCUT2D eigenvalue weighted by Gasteiger charge is -2.17. The SMILES string of the molecule is CC(O)C(NC(=O)NCc1cccnn1)C(=O)O. The zero-order valence-corrected chi connectivity index (χ0v) is 9.70. The number of aliphatic carboxylic acids is 1. The minimum absolute atomic E-state index is 0.117. The molecule has 98 valence electrons. The second-order valence-electron chi connectivity index (χ2n) is 3.60. The average Bonchev–Trinajstić information content (AvgIpc) is 2.34. The number of nitrogens with one attached hydrogen (secondary N) is 2. The molecule has 0 saturated heterocycles. The van der Waals surface area contributed by atoms with Crippen molar-refractivity contribution >= 4 is 12.0 Å². The van der Waals surface area contributed by atoms with Crippen molar-refractivity contribution in [1.82, 2.24) is 20.8 Å². The van der Waals surface area contributed by atoms with Crippen LogP contribution < -0.4 is 10.6 Å². The molecule has 2 amide bonds. The van der Waals surface area contributed by atoms with Crippen molar-refractivity contribution in [3.05, 3.63) is 24.0 Å². The van der Waals surface area contributed by atoms with Crippen molar-refractivity contribution in [1.29, 1.82) is 0 Å². The zero-order valence-electron chi connectivity index (χ0n) is 9.70. The maximum Gasteiger partial charge on any atom is 0.328 e. The summed E-state index contributed by atoms with van der Waals surface area (Å²) in [4.78, 5) is 22.1. The lowest BCUT2D eigenvalue weighted by Crippen LogP contribution is -2.51. The van der Waals surface area contributed by atoms with Gasteiger partial charge in [0.25, 0.3) is 0 Å². The van der Waals surface area contributed by atoms with Crippen LogP contribution in [0, 0.1) is 0 Å². The lowest BCUT2D eigenvalue weighted by atomic mass is 10.2. The number of carboxylic acid groups (broad SMARTS) is 1. The van der Waals surface area contributed by atoms with Gasteiger partial charge >= 0.3 is 12.0 Å². The van der Waals surface area contributed by atoms with Crippen molar-refractivity contribution < 1.29 is 19.8 Å². The number of rotatable bonds is 5. The maximum absolute atomic E-state index is 11.4. The first kappa shape index (κ1) is 13.8. The van der Waals surface area contributed by atoms with E-state index in [0.717, 1.165) is 0 Å². The van der Waals surface area contributed by atoms with E-state index < -0.39 is 24.1 Å². The quantitative estimate of drug-likeness (QED) is 0.540. The molecule has 0 fully saturated rings. The van der Waals surface area contributed by atoms with Gasteiger partial charge in [0, 0.05) is 6.20 Å². The molecule has 2 atom stereocenters. The van der Waals surface area contributed by atoms with Crippen LogP contribution in [0.4, 0.5) is 4.79 Å². The monoisotopic (exact) mass is 254 g/mol. The second kappa shape index (κ2) is 6.50. The Morgan fingerprint density at radius 3 is 2.72 bits per heavy atom. The van der Waals surface area contributed by atoms with E-state index in [-0.39, 0.29) is 6.54 Å². The molecule has 8 heteroatoms. The highest BCUT2D eigenvalue weighted by Gasteiger charge is 2.24. The number of aliphatic hydroxyl groups excluding tert-OH is 1. The van der Waals surface area contributed by atoms with Crippen LogP contribution in [0.3, 0.4) is 0 Å². The van der Waals surface area contributed by atoms with Crippen LogP contribution in [-0.2, 0) is 11.3 Å². The summed E-state index contributed by atoms with van der Waals surface area (Å²) >= 11 is 0. The third-order valence-corrected chi connectivity index (χ3v) is 2.09. The lowest BCUT2D eigenvalue weighted by molar-refractivity contribution is -0.141. The van der Waals surface area contributed by atoms with Gasteiger partial charge in [-0.1, -0.05) is 0 Å². The van der Waals surface area contributed by atoms with Gasteiger partial charge in [0.1, 0.15) is 0 Å². The number of hydrogen-bond donors (Lipinski definition) is 4. The maximum atomic E-state index is 11.4. The Labute approximate surface area is 103 Å². The van der Waals surface area contributed by atoms with Crippen LogP contribution in [0.15, 0.2) is 18.3 Å². The number of carboxylic acids is 1. The van der Waals surface area contributed by atoms with Crippen LogP contribution >= 0.6 is 0 Å². The van der Waals surface area contributed by atoms with Crippen molar-refractivity contribution in [2.75, 3.05) is 0 Å². The molecule has 0 bridgehead atoms. The Morgan fingerprint density at radius 2 is 2.22 bits per heavy atom. The fourth-order valence-electron chi connectivity index (χ4n) is 1.18. The molecule has 1 rings (SSSR count). The molecular weight excluding hydrogens is 240 g/mol. The van der Waals surface area contributed by atoms with Crippen LogP contribution in [0.25, 0.3) is 0 Å². The Bertz CT molecular complexity index is 410. The first-order valence-corrected chi connectivity index (χ1v) is 5.22. The average molecular weight is 254 g/mol. The number of aliphatic hydroxyl groups is 1. The molecule has 0 aliphatic carbocycles. The third-order valence-electron chi connectivity index (χ3n) is 2.09. The molecule has 1 aromatic rings. The molecule has 0 radical (unpaired) electrons. The van der Waals surface area contributed by atoms with Crippen molar-refractivity contribution in [2.45, 2.75) is 25.6 Å². The van der Waals surface area contributed by atoms with Gasteiger partial charge in [-0.05, 0) is 19.1 Å². The van der Waals surface area contributed by atoms with E-state index in [9.17, 15) is 14.7 Å². The van der Waals surface area contributed by atoms with Crippen LogP contribution in [-0.4, -0.2) is 44.6 Å². The van der Waals surface area contributed by atoms with E-state index in [1.165, 1.54) is 13.1 Å². The van der Waals surface area contributed by atoms with Gasteiger partial charge in [0.2, 0.25) is 0 Å². The number of urea groups is 1. The number of amides is 2. The molecule has 8 nitrogen and oxygen atoms in total. The summed E-state index contributed by atoms with van der Waals surface area (Å²) in [5.74, 6) is -1.31. The van der Waals surface area contributed by atoms with Crippen molar-refractivity contribution in [3.63, 3.8) is 0 Å². The molecular formula is C10H14N4O4. The molecule has 2 unspecified atom stereocenters. The van der Waals surface area contributed by atoms with Gasteiger partial charge in [-0.2, -0.15) is 10.2 Å². The highest BCUT2D eigenvalue weighted by Crippen LogP contribution is 1.94. The van der Waals surface area contributed by atoms with E-state index >= 15 is 0 Å². The molecule has 0 aliphatic heterocycles. The number of nitrogens with zero attached hydrogens (tertiary/aromatic N) is 2. The molecule has 0 saturated carbocycles. The van der Waals surface area contributed by atoms with Gasteiger partial charge in [0.05, 0.1) is 18.3 Å².